The molecule has 1 heterocycles. The van der Waals surface area contributed by atoms with E-state index in [0.717, 1.165) is 0 Å². The van der Waals surface area contributed by atoms with Crippen molar-refractivity contribution < 1.29 is 28.5 Å². The number of benzene rings is 1. The van der Waals surface area contributed by atoms with Crippen molar-refractivity contribution in [2.45, 2.75) is 19.9 Å². The maximum Gasteiger partial charge on any atom is 0.338 e. The number of methoxy groups -OCH3 is 3. The fourth-order valence-electron chi connectivity index (χ4n) is 2.78. The van der Waals surface area contributed by atoms with E-state index in [4.69, 9.17) is 18.9 Å². The van der Waals surface area contributed by atoms with Gasteiger partial charge in [-0.3, -0.25) is 0 Å². The Morgan fingerprint density at radius 2 is 1.78 bits per heavy atom. The highest BCUT2D eigenvalue weighted by atomic mass is 16.5. The molecule has 0 saturated heterocycles. The third-order valence-electron chi connectivity index (χ3n) is 4.06. The van der Waals surface area contributed by atoms with E-state index in [2.05, 4.69) is 10.6 Å². The Morgan fingerprint density at radius 3 is 2.30 bits per heavy atom. The molecule has 1 aliphatic heterocycles. The minimum atomic E-state index is -0.731. The third-order valence-corrected chi connectivity index (χ3v) is 4.06. The largest absolute Gasteiger partial charge is 0.493 e. The maximum absolute atomic E-state index is 12.6. The van der Waals surface area contributed by atoms with Crippen LogP contribution in [0.1, 0.15) is 25.5 Å². The summed E-state index contributed by atoms with van der Waals surface area (Å²) in [7, 11) is 4.49. The number of rotatable bonds is 7. The molecule has 1 aromatic carbocycles. The molecule has 146 valence electrons. The van der Waals surface area contributed by atoms with Gasteiger partial charge in [0.05, 0.1) is 32.9 Å². The number of hydrogen-bond acceptors (Lipinski definition) is 6. The number of urea groups is 1. The molecule has 0 bridgehead atoms. The van der Waals surface area contributed by atoms with Crippen LogP contribution in [0.25, 0.3) is 0 Å². The first kappa shape index (κ1) is 20.2. The van der Waals surface area contributed by atoms with Crippen molar-refractivity contribution in [1.82, 2.24) is 10.6 Å². The van der Waals surface area contributed by atoms with Crippen molar-refractivity contribution in [3.05, 3.63) is 41.1 Å². The van der Waals surface area contributed by atoms with E-state index in [1.165, 1.54) is 21.3 Å². The van der Waals surface area contributed by atoms with Crippen molar-refractivity contribution in [2.24, 2.45) is 0 Å². The van der Waals surface area contributed by atoms with Gasteiger partial charge in [-0.15, -0.1) is 0 Å². The number of nitrogens with one attached hydrogen (secondary N) is 2. The number of esters is 1. The lowest BCUT2D eigenvalue weighted by Crippen LogP contribution is -2.45. The van der Waals surface area contributed by atoms with E-state index < -0.39 is 18.0 Å². The van der Waals surface area contributed by atoms with E-state index in [1.807, 2.05) is 6.92 Å². The number of amides is 2. The standard InChI is InChI=1S/C19H24N2O6/c1-6-7-8-27-18(22)15-11(2)20-19(23)21-16(15)12-9-13(24-3)17(26-5)14(10-12)25-4/h6-7,9-10,16H,8H2,1-5H3,(H2,20,21,23)/b7-6-/t16-/m1/s1. The predicted molar refractivity (Wildman–Crippen MR) is 99.0 cm³/mol. The minimum Gasteiger partial charge on any atom is -0.493 e. The SMILES string of the molecule is C/C=C\COC(=O)C1=C(C)NC(=O)N[C@@H]1c1cc(OC)c(OC)c(OC)c1. The van der Waals surface area contributed by atoms with Crippen molar-refractivity contribution in [2.75, 3.05) is 27.9 Å². The Bertz CT molecular complexity index is 759. The lowest BCUT2D eigenvalue weighted by atomic mass is 9.95. The zero-order valence-electron chi connectivity index (χ0n) is 16.0. The first-order valence-corrected chi connectivity index (χ1v) is 8.33. The zero-order chi connectivity index (χ0) is 20.0. The summed E-state index contributed by atoms with van der Waals surface area (Å²) < 4.78 is 21.3. The van der Waals surface area contributed by atoms with Crippen LogP contribution in [0, 0.1) is 0 Å². The second-order valence-corrected chi connectivity index (χ2v) is 5.70. The van der Waals surface area contributed by atoms with Gasteiger partial charge in [-0.1, -0.05) is 12.2 Å². The van der Waals surface area contributed by atoms with E-state index in [-0.39, 0.29) is 6.61 Å². The Balaban J connectivity index is 2.51. The zero-order valence-corrected chi connectivity index (χ0v) is 16.0. The number of carbonyl (C=O) groups excluding carboxylic acids is 2. The van der Waals surface area contributed by atoms with E-state index in [0.29, 0.717) is 34.1 Å². The summed E-state index contributed by atoms with van der Waals surface area (Å²) >= 11 is 0. The van der Waals surface area contributed by atoms with Crippen molar-refractivity contribution in [3.63, 3.8) is 0 Å². The normalized spacial score (nSPS) is 16.6. The monoisotopic (exact) mass is 376 g/mol. The average Bonchev–Trinajstić information content (AvgIpc) is 2.66. The fourth-order valence-corrected chi connectivity index (χ4v) is 2.78. The third kappa shape index (κ3) is 4.33. The molecule has 0 spiro atoms. The summed E-state index contributed by atoms with van der Waals surface area (Å²) in [6.07, 6.45) is 3.50. The Morgan fingerprint density at radius 1 is 1.15 bits per heavy atom. The van der Waals surface area contributed by atoms with Gasteiger partial charge in [-0.2, -0.15) is 0 Å². The molecule has 0 saturated carbocycles. The van der Waals surface area contributed by atoms with Crippen LogP contribution >= 0.6 is 0 Å². The summed E-state index contributed by atoms with van der Waals surface area (Å²) in [5, 5.41) is 5.35. The molecule has 1 aromatic rings. The lowest BCUT2D eigenvalue weighted by molar-refractivity contribution is -0.138. The quantitative estimate of drug-likeness (QED) is 0.561. The van der Waals surface area contributed by atoms with Crippen LogP contribution in [-0.4, -0.2) is 39.9 Å². The van der Waals surface area contributed by atoms with Gasteiger partial charge in [0.25, 0.3) is 0 Å². The number of allylic oxidation sites excluding steroid dienone is 2. The first-order chi connectivity index (χ1) is 13.0. The van der Waals surface area contributed by atoms with Crippen LogP contribution in [0.2, 0.25) is 0 Å². The molecule has 2 rings (SSSR count). The van der Waals surface area contributed by atoms with Crippen LogP contribution < -0.4 is 24.8 Å². The molecule has 0 aliphatic carbocycles. The van der Waals surface area contributed by atoms with E-state index >= 15 is 0 Å². The van der Waals surface area contributed by atoms with Gasteiger partial charge in [0.2, 0.25) is 5.75 Å². The summed E-state index contributed by atoms with van der Waals surface area (Å²) in [5.41, 5.74) is 1.31. The van der Waals surface area contributed by atoms with Crippen LogP contribution in [0.4, 0.5) is 4.79 Å². The molecule has 8 nitrogen and oxygen atoms in total. The highest BCUT2D eigenvalue weighted by molar-refractivity contribution is 5.95. The number of ether oxygens (including phenoxy) is 4. The summed E-state index contributed by atoms with van der Waals surface area (Å²) in [4.78, 5) is 24.6. The number of hydrogen-bond donors (Lipinski definition) is 2. The van der Waals surface area contributed by atoms with Gasteiger partial charge in [0.1, 0.15) is 6.61 Å². The summed E-state index contributed by atoms with van der Waals surface area (Å²) in [6.45, 7) is 3.62. The Hall–Kier alpha value is -3.16. The molecule has 0 aromatic heterocycles. The molecule has 2 N–H and O–H groups in total. The van der Waals surface area contributed by atoms with E-state index in [9.17, 15) is 9.59 Å². The molecule has 0 fully saturated rings. The first-order valence-electron chi connectivity index (χ1n) is 8.33. The van der Waals surface area contributed by atoms with Crippen LogP contribution in [0.15, 0.2) is 35.6 Å². The second-order valence-electron chi connectivity index (χ2n) is 5.70. The lowest BCUT2D eigenvalue weighted by Gasteiger charge is -2.28. The van der Waals surface area contributed by atoms with Gasteiger partial charge < -0.3 is 29.6 Å². The topological polar surface area (TPSA) is 95.1 Å². The Labute approximate surface area is 158 Å². The molecule has 1 aliphatic rings. The van der Waals surface area contributed by atoms with Crippen LogP contribution in [0.3, 0.4) is 0 Å². The van der Waals surface area contributed by atoms with Gasteiger partial charge in [0.15, 0.2) is 11.5 Å². The van der Waals surface area contributed by atoms with Gasteiger partial charge >= 0.3 is 12.0 Å². The molecule has 27 heavy (non-hydrogen) atoms. The van der Waals surface area contributed by atoms with Crippen LogP contribution in [0.5, 0.6) is 17.2 Å². The molecule has 1 atom stereocenters. The second kappa shape index (κ2) is 8.98. The minimum absolute atomic E-state index is 0.141. The van der Waals surface area contributed by atoms with Crippen molar-refractivity contribution in [3.8, 4) is 17.2 Å². The predicted octanol–water partition coefficient (Wildman–Crippen LogP) is 2.46. The molecular weight excluding hydrogens is 352 g/mol. The van der Waals surface area contributed by atoms with E-state index in [1.54, 1.807) is 31.2 Å². The van der Waals surface area contributed by atoms with Crippen molar-refractivity contribution >= 4 is 12.0 Å². The molecule has 8 heteroatoms. The molecular formula is C19H24N2O6. The highest BCUT2D eigenvalue weighted by Crippen LogP contribution is 2.41. The van der Waals surface area contributed by atoms with Gasteiger partial charge in [0, 0.05) is 5.70 Å². The Kier molecular flexibility index (Phi) is 6.70. The smallest absolute Gasteiger partial charge is 0.338 e. The number of carbonyl (C=O) groups is 2. The van der Waals surface area contributed by atoms with Gasteiger partial charge in [-0.25, -0.2) is 9.59 Å². The summed E-state index contributed by atoms with van der Waals surface area (Å²) in [5.74, 6) is 0.719. The summed E-state index contributed by atoms with van der Waals surface area (Å²) in [6, 6.07) is 2.22. The van der Waals surface area contributed by atoms with Crippen LogP contribution in [-0.2, 0) is 9.53 Å². The van der Waals surface area contributed by atoms with Gasteiger partial charge in [-0.05, 0) is 31.5 Å². The fraction of sp³-hybridized carbons (Fsp3) is 0.368. The molecule has 0 radical (unpaired) electrons. The maximum atomic E-state index is 12.6. The molecule has 0 unspecified atom stereocenters. The van der Waals surface area contributed by atoms with Crippen molar-refractivity contribution in [1.29, 1.82) is 0 Å². The average molecular weight is 376 g/mol. The highest BCUT2D eigenvalue weighted by Gasteiger charge is 2.33. The molecule has 2 amide bonds.